The van der Waals surface area contributed by atoms with E-state index in [4.69, 9.17) is 18.9 Å². The van der Waals surface area contributed by atoms with Crippen molar-refractivity contribution in [1.29, 1.82) is 0 Å². The molecule has 1 aliphatic carbocycles. The van der Waals surface area contributed by atoms with Crippen molar-refractivity contribution in [2.45, 2.75) is 10.8 Å². The molecular weight excluding hydrogens is 1230 g/mol. The lowest BCUT2D eigenvalue weighted by molar-refractivity contribution is 0.464. The van der Waals surface area contributed by atoms with Crippen molar-refractivity contribution >= 4 is 97.4 Å². The first-order valence-corrected chi connectivity index (χ1v) is 34.8. The van der Waals surface area contributed by atoms with E-state index in [1.165, 1.54) is 77.9 Å². The fraction of sp³-hybridized carbons (Fsp3) is 0.0217. The minimum Gasteiger partial charge on any atom is -0.458 e. The van der Waals surface area contributed by atoms with Crippen LogP contribution in [0.5, 0.6) is 46.0 Å². The molecule has 0 unspecified atom stereocenters. The number of hydrogen-bond donors (Lipinski definition) is 0. The summed E-state index contributed by atoms with van der Waals surface area (Å²) in [5.41, 5.74) is 28.4. The fourth-order valence-electron chi connectivity index (χ4n) is 18.6. The summed E-state index contributed by atoms with van der Waals surface area (Å²) in [5, 5.41) is 0. The average Bonchev–Trinajstić information content (AvgIpc) is 1.65. The maximum Gasteiger partial charge on any atom is 0.260 e. The third kappa shape index (κ3) is 7.64. The van der Waals surface area contributed by atoms with Gasteiger partial charge in [0.2, 0.25) is 0 Å². The van der Waals surface area contributed by atoms with Crippen LogP contribution < -0.4 is 66.4 Å². The summed E-state index contributed by atoms with van der Waals surface area (Å²) in [6.07, 6.45) is 0. The van der Waals surface area contributed by atoms with E-state index in [0.29, 0.717) is 0 Å². The molecule has 9 heteroatoms. The summed E-state index contributed by atoms with van der Waals surface area (Å²) < 4.78 is 27.0. The highest BCUT2D eigenvalue weighted by Crippen LogP contribution is 2.66. The number of benzene rings is 15. The number of anilines is 9. The van der Waals surface area contributed by atoms with Crippen LogP contribution in [0.3, 0.4) is 0 Å². The van der Waals surface area contributed by atoms with Crippen molar-refractivity contribution in [2.75, 3.05) is 14.7 Å². The zero-order valence-corrected chi connectivity index (χ0v) is 54.5. The number of ether oxygens (including phenoxy) is 4. The summed E-state index contributed by atoms with van der Waals surface area (Å²) in [5.74, 6) is 6.86. The van der Waals surface area contributed by atoms with E-state index < -0.39 is 10.8 Å². The average molecular weight is 1290 g/mol. The second-order valence-corrected chi connectivity index (χ2v) is 27.2. The lowest BCUT2D eigenvalue weighted by Gasteiger charge is -2.51. The van der Waals surface area contributed by atoms with Crippen molar-refractivity contribution in [2.24, 2.45) is 0 Å². The minimum atomic E-state index is -0.597. The quantitative estimate of drug-likeness (QED) is 0.163. The van der Waals surface area contributed by atoms with E-state index in [1.807, 2.05) is 12.1 Å². The maximum atomic E-state index is 6.79. The van der Waals surface area contributed by atoms with Crippen LogP contribution in [0.2, 0.25) is 0 Å². The van der Waals surface area contributed by atoms with Crippen molar-refractivity contribution < 1.29 is 18.9 Å². The summed E-state index contributed by atoms with van der Waals surface area (Å²) in [6, 6.07) is 125. The molecule has 0 saturated carbocycles. The molecule has 7 aliphatic heterocycles. The lowest BCUT2D eigenvalue weighted by Crippen LogP contribution is -2.57. The van der Waals surface area contributed by atoms with Crippen LogP contribution in [0.25, 0.3) is 11.1 Å². The monoisotopic (exact) mass is 1290 g/mol. The molecule has 7 nitrogen and oxygen atoms in total. The Labute approximate surface area is 585 Å². The summed E-state index contributed by atoms with van der Waals surface area (Å²) in [4.78, 5) is 7.23. The van der Waals surface area contributed by atoms with E-state index >= 15 is 0 Å². The highest BCUT2D eigenvalue weighted by molar-refractivity contribution is 6.99. The van der Waals surface area contributed by atoms with Crippen molar-refractivity contribution in [3.05, 3.63) is 390 Å². The normalized spacial score (nSPS) is 14.7. The Morgan fingerprint density at radius 1 is 0.198 bits per heavy atom. The first kappa shape index (κ1) is 56.1. The van der Waals surface area contributed by atoms with Gasteiger partial charge in [0.05, 0.1) is 56.3 Å². The molecule has 15 aromatic rings. The Morgan fingerprint density at radius 3 is 0.733 bits per heavy atom. The molecule has 0 aromatic heterocycles. The third-order valence-corrected chi connectivity index (χ3v) is 22.3. The predicted octanol–water partition coefficient (Wildman–Crippen LogP) is 18.9. The maximum absolute atomic E-state index is 6.79. The van der Waals surface area contributed by atoms with Gasteiger partial charge in [-0.15, -0.1) is 0 Å². The largest absolute Gasteiger partial charge is 0.458 e. The molecule has 0 fully saturated rings. The highest BCUT2D eigenvalue weighted by Gasteiger charge is 2.54. The standard InChI is InChI=1S/C49H31BN2O2.C43H26BNO2/c1-2-16-32(17-3-1)51-40-24-10-4-18-34(40)49(35-19-5-11-25-41(35)51)36-20-6-12-26-42(36)52(43-27-13-7-21-37(43)49)33-30-46-48-47(31-33)54-45-29-15-9-23-39(45)50(48)38-22-8-14-28-44(38)53-46;1-3-15-30-28(13-1)29-14-2-4-16-31(29)43(30)32-17-5-9-21-36(32)45(37-22-10-6-18-33(37)43)27-25-40-42-41(26-27)47-39-24-12-8-20-35(39)44(42)34-19-7-11-23-38(34)46-40/h1-31H;1-26H. The molecule has 0 saturated heterocycles. The molecule has 0 radical (unpaired) electrons. The SMILES string of the molecule is c1ccc(N2c3ccccc3C3(c4ccccc42)c2ccccc2N(c2cc4c5c(c2)Oc2ccccc2B5c2ccccc2O4)c2ccccc23)cc1.c1ccc2c(c1)Oc1cc(N3c4ccccc4C4(c5ccccc5-c5ccccc54)c4ccccc43)cc3c1B2c1ccccc1O3. The summed E-state index contributed by atoms with van der Waals surface area (Å²) in [7, 11) is 0. The second kappa shape index (κ2) is 21.3. The number of hydrogen-bond acceptors (Lipinski definition) is 7. The Kier molecular flexibility index (Phi) is 11.8. The molecule has 23 rings (SSSR count). The van der Waals surface area contributed by atoms with Crippen molar-refractivity contribution in [3.63, 3.8) is 0 Å². The Hall–Kier alpha value is -13.0. The van der Waals surface area contributed by atoms with Crippen LogP contribution in [-0.2, 0) is 10.8 Å². The lowest BCUT2D eigenvalue weighted by atomic mass is 9.35. The highest BCUT2D eigenvalue weighted by atomic mass is 16.5. The summed E-state index contributed by atoms with van der Waals surface area (Å²) in [6.45, 7) is 0.0607. The van der Waals surface area contributed by atoms with Crippen molar-refractivity contribution in [3.8, 4) is 57.1 Å². The van der Waals surface area contributed by atoms with Gasteiger partial charge in [-0.05, 0) is 150 Å². The van der Waals surface area contributed by atoms with Crippen molar-refractivity contribution in [1.82, 2.24) is 0 Å². The smallest absolute Gasteiger partial charge is 0.260 e. The van der Waals surface area contributed by atoms with Gasteiger partial charge >= 0.3 is 0 Å². The Balaban J connectivity index is 0.000000129. The zero-order chi connectivity index (χ0) is 66.1. The van der Waals surface area contributed by atoms with Gasteiger partial charge in [0.25, 0.3) is 13.4 Å². The molecule has 0 amide bonds. The van der Waals surface area contributed by atoms with E-state index in [1.54, 1.807) is 0 Å². The topological polar surface area (TPSA) is 46.6 Å². The van der Waals surface area contributed by atoms with Gasteiger partial charge in [-0.25, -0.2) is 0 Å². The van der Waals surface area contributed by atoms with Crippen LogP contribution in [0.1, 0.15) is 44.5 Å². The summed E-state index contributed by atoms with van der Waals surface area (Å²) >= 11 is 0. The van der Waals surface area contributed by atoms with E-state index in [0.717, 1.165) is 108 Å². The number of fused-ring (bicyclic) bond motifs is 25. The minimum absolute atomic E-state index is 0.0194. The molecule has 8 aliphatic rings. The Morgan fingerprint density at radius 2 is 0.426 bits per heavy atom. The van der Waals surface area contributed by atoms with Crippen LogP contribution in [-0.4, -0.2) is 13.4 Å². The van der Waals surface area contributed by atoms with Gasteiger partial charge in [-0.2, -0.15) is 0 Å². The number of para-hydroxylation sites is 11. The first-order valence-electron chi connectivity index (χ1n) is 34.8. The van der Waals surface area contributed by atoms with Gasteiger partial charge in [-0.3, -0.25) is 0 Å². The van der Waals surface area contributed by atoms with Gasteiger partial charge in [0.15, 0.2) is 0 Å². The third-order valence-electron chi connectivity index (χ3n) is 22.3. The second-order valence-electron chi connectivity index (χ2n) is 27.2. The fourth-order valence-corrected chi connectivity index (χ4v) is 18.6. The first-order chi connectivity index (χ1) is 50.1. The van der Waals surface area contributed by atoms with Crippen LogP contribution in [0, 0.1) is 0 Å². The van der Waals surface area contributed by atoms with Gasteiger partial charge < -0.3 is 33.6 Å². The molecule has 0 atom stereocenters. The van der Waals surface area contributed by atoms with Gasteiger partial charge in [0, 0.05) is 40.9 Å². The number of nitrogens with zero attached hydrogens (tertiary/aromatic N) is 3. The molecule has 2 spiro atoms. The molecule has 0 bridgehead atoms. The van der Waals surface area contributed by atoms with E-state index in [-0.39, 0.29) is 13.4 Å². The molecule has 101 heavy (non-hydrogen) atoms. The molecule has 0 N–H and O–H groups in total. The zero-order valence-electron chi connectivity index (χ0n) is 54.5. The van der Waals surface area contributed by atoms with Crippen LogP contribution in [0.4, 0.5) is 51.2 Å². The van der Waals surface area contributed by atoms with E-state index in [9.17, 15) is 0 Å². The molecule has 7 heterocycles. The van der Waals surface area contributed by atoms with Crippen LogP contribution in [0.15, 0.2) is 346 Å². The van der Waals surface area contributed by atoms with Gasteiger partial charge in [0.1, 0.15) is 46.0 Å². The van der Waals surface area contributed by atoms with Crippen LogP contribution >= 0.6 is 0 Å². The predicted molar refractivity (Wildman–Crippen MR) is 409 cm³/mol. The molecule has 15 aromatic carbocycles. The molecule has 470 valence electrons. The Bertz CT molecular complexity index is 5700. The van der Waals surface area contributed by atoms with Gasteiger partial charge in [-0.1, -0.05) is 249 Å². The molecular formula is C92H57B2N3O4. The van der Waals surface area contributed by atoms with E-state index in [2.05, 4.69) is 348 Å². The number of rotatable bonds is 3.